The number of aliphatic hydroxyl groups is 2. The molecule has 0 aromatic carbocycles. The highest BCUT2D eigenvalue weighted by Crippen LogP contribution is 2.39. The van der Waals surface area contributed by atoms with E-state index in [1.54, 1.807) is 26.2 Å². The van der Waals surface area contributed by atoms with E-state index in [4.69, 9.17) is 33.2 Å². The van der Waals surface area contributed by atoms with Crippen molar-refractivity contribution in [1.29, 1.82) is 0 Å². The Hall–Kier alpha value is -3.09. The lowest BCUT2D eigenvalue weighted by molar-refractivity contribution is -0.151. The number of epoxide rings is 1. The summed E-state index contributed by atoms with van der Waals surface area (Å²) >= 11 is 0. The second-order valence-corrected chi connectivity index (χ2v) is 16.6. The highest BCUT2D eigenvalue weighted by Gasteiger charge is 2.52. The predicted octanol–water partition coefficient (Wildman–Crippen LogP) is 3.21. The number of carbonyl (C=O) groups is 3. The van der Waals surface area contributed by atoms with Gasteiger partial charge in [-0.2, -0.15) is 0 Å². The highest BCUT2D eigenvalue weighted by molar-refractivity contribution is 5.70. The zero-order valence-corrected chi connectivity index (χ0v) is 36.3. The standard InChI is InChI=1S/C43H72N4O12/c1-8-34(53-7)32(5)39-40(58-39)38(59-42(51)45-17-19-47-22-26-55-27-23-47)30(3)11-9-10-29(2)37-31(4)12-13-35(43(6,52)15-14-33(48)28-36(49)57-37)56-41(50)44-16-18-46-20-24-54-25-21-46/h9-13,30-35,37-40,48,52H,8,14-28H2,1-7H3,(H,44,50)(H,45,51)/b11-9+,13-12+,29-10+. The molecule has 0 aromatic rings. The van der Waals surface area contributed by atoms with E-state index < -0.39 is 54.1 Å². The van der Waals surface area contributed by atoms with Crippen LogP contribution in [-0.4, -0.2) is 172 Å². The topological polar surface area (TPSA) is 190 Å². The van der Waals surface area contributed by atoms with Crippen molar-refractivity contribution in [2.75, 3.05) is 85.9 Å². The number of methoxy groups -OCH3 is 1. The van der Waals surface area contributed by atoms with Crippen molar-refractivity contribution >= 4 is 18.2 Å². The van der Waals surface area contributed by atoms with Crippen molar-refractivity contribution in [3.8, 4) is 0 Å². The summed E-state index contributed by atoms with van der Waals surface area (Å²) in [5.41, 5.74) is -0.809. The van der Waals surface area contributed by atoms with E-state index >= 15 is 0 Å². The molecule has 4 aliphatic heterocycles. The Morgan fingerprint density at radius 3 is 2.20 bits per heavy atom. The van der Waals surface area contributed by atoms with Gasteiger partial charge in [0.2, 0.25) is 0 Å². The number of esters is 1. The Morgan fingerprint density at radius 2 is 1.61 bits per heavy atom. The van der Waals surface area contributed by atoms with E-state index in [0.717, 1.165) is 32.6 Å². The largest absolute Gasteiger partial charge is 0.457 e. The second kappa shape index (κ2) is 24.4. The Bertz CT molecular complexity index is 1390. The molecule has 4 heterocycles. The van der Waals surface area contributed by atoms with Crippen molar-refractivity contribution in [1.82, 2.24) is 20.4 Å². The third-order valence-corrected chi connectivity index (χ3v) is 11.8. The van der Waals surface area contributed by atoms with Crippen molar-refractivity contribution in [2.45, 2.75) is 116 Å². The first-order valence-corrected chi connectivity index (χ1v) is 21.5. The Balaban J connectivity index is 1.45. The van der Waals surface area contributed by atoms with Gasteiger partial charge in [-0.05, 0) is 44.8 Å². The molecule has 0 saturated carbocycles. The number of alkyl carbamates (subject to hydrolysis) is 2. The van der Waals surface area contributed by atoms with Crippen LogP contribution in [0.5, 0.6) is 0 Å². The van der Waals surface area contributed by atoms with E-state index in [0.29, 0.717) is 58.2 Å². The molecular formula is C43H72N4O12. The molecule has 16 heteroatoms. The minimum atomic E-state index is -1.53. The van der Waals surface area contributed by atoms with Crippen LogP contribution < -0.4 is 10.6 Å². The summed E-state index contributed by atoms with van der Waals surface area (Å²) in [7, 11) is 1.69. The van der Waals surface area contributed by atoms with Gasteiger partial charge in [-0.25, -0.2) is 9.59 Å². The summed E-state index contributed by atoms with van der Waals surface area (Å²) in [5, 5.41) is 27.9. The quantitative estimate of drug-likeness (QED) is 0.0550. The fraction of sp³-hybridized carbons (Fsp3) is 0.791. The van der Waals surface area contributed by atoms with Crippen LogP contribution in [0.15, 0.2) is 36.0 Å². The molecule has 11 atom stereocenters. The smallest absolute Gasteiger partial charge is 0.407 e. The molecule has 11 unspecified atom stereocenters. The molecule has 59 heavy (non-hydrogen) atoms. The second-order valence-electron chi connectivity index (χ2n) is 16.6. The first-order chi connectivity index (χ1) is 28.2. The van der Waals surface area contributed by atoms with Gasteiger partial charge >= 0.3 is 18.2 Å². The van der Waals surface area contributed by atoms with Gasteiger partial charge in [0.15, 0.2) is 6.10 Å². The van der Waals surface area contributed by atoms with Crippen LogP contribution in [0.4, 0.5) is 9.59 Å². The lowest BCUT2D eigenvalue weighted by Gasteiger charge is -2.33. The van der Waals surface area contributed by atoms with E-state index in [9.17, 15) is 24.6 Å². The molecule has 0 radical (unpaired) electrons. The zero-order valence-electron chi connectivity index (χ0n) is 36.3. The van der Waals surface area contributed by atoms with Crippen molar-refractivity contribution in [3.05, 3.63) is 36.0 Å². The summed E-state index contributed by atoms with van der Waals surface area (Å²) in [5.74, 6) is -1.13. The lowest BCUT2D eigenvalue weighted by atomic mass is 9.88. The third kappa shape index (κ3) is 16.0. The molecule has 4 N–H and O–H groups in total. The number of aliphatic hydroxyl groups excluding tert-OH is 1. The van der Waals surface area contributed by atoms with Crippen LogP contribution in [0.2, 0.25) is 0 Å². The molecule has 4 aliphatic rings. The van der Waals surface area contributed by atoms with Gasteiger partial charge in [0.1, 0.15) is 23.9 Å². The van der Waals surface area contributed by atoms with E-state index in [-0.39, 0.29) is 49.4 Å². The Labute approximate surface area is 350 Å². The lowest BCUT2D eigenvalue weighted by Crippen LogP contribution is -2.46. The first kappa shape index (κ1) is 48.6. The van der Waals surface area contributed by atoms with E-state index in [2.05, 4.69) is 34.3 Å². The van der Waals surface area contributed by atoms with E-state index in [1.807, 2.05) is 39.0 Å². The van der Waals surface area contributed by atoms with Crippen molar-refractivity contribution in [3.63, 3.8) is 0 Å². The molecular weight excluding hydrogens is 764 g/mol. The van der Waals surface area contributed by atoms with Gasteiger partial charge in [0, 0.05) is 77.2 Å². The first-order valence-electron chi connectivity index (χ1n) is 21.5. The number of nitrogens with one attached hydrogen (secondary N) is 2. The van der Waals surface area contributed by atoms with Gasteiger partial charge in [-0.3, -0.25) is 14.6 Å². The summed E-state index contributed by atoms with van der Waals surface area (Å²) in [6.07, 6.45) is 4.74. The van der Waals surface area contributed by atoms with Crippen molar-refractivity contribution < 1.29 is 57.8 Å². The maximum absolute atomic E-state index is 13.1. The fourth-order valence-corrected chi connectivity index (χ4v) is 7.90. The average Bonchev–Trinajstić information content (AvgIpc) is 4.01. The highest BCUT2D eigenvalue weighted by atomic mass is 16.6. The normalized spacial score (nSPS) is 31.7. The molecule has 0 bridgehead atoms. The average molecular weight is 837 g/mol. The molecule has 0 aliphatic carbocycles. The SMILES string of the molecule is CCC(OC)C(C)C1OC1C(OC(=O)NCCN1CCOCC1)C(C)/C=C/C=C(\C)C1OC(=O)CC(O)CCC(C)(O)C(OC(=O)NCCN2CCOCC2)/C=C/C1C. The number of hydrogen-bond acceptors (Lipinski definition) is 14. The monoisotopic (exact) mass is 837 g/mol. The maximum atomic E-state index is 13.1. The summed E-state index contributed by atoms with van der Waals surface area (Å²) in [6.45, 7) is 19.5. The minimum Gasteiger partial charge on any atom is -0.457 e. The number of amides is 2. The number of cyclic esters (lactones) is 1. The number of morpholine rings is 2. The van der Waals surface area contributed by atoms with Crippen LogP contribution in [0, 0.1) is 17.8 Å². The molecule has 0 spiro atoms. The van der Waals surface area contributed by atoms with Crippen LogP contribution in [-0.2, 0) is 38.0 Å². The van der Waals surface area contributed by atoms with Crippen LogP contribution in [0.25, 0.3) is 0 Å². The Kier molecular flexibility index (Phi) is 20.1. The van der Waals surface area contributed by atoms with Gasteiger partial charge < -0.3 is 54.0 Å². The van der Waals surface area contributed by atoms with Gasteiger partial charge in [0.05, 0.1) is 51.2 Å². The van der Waals surface area contributed by atoms with Crippen LogP contribution >= 0.6 is 0 Å². The molecule has 336 valence electrons. The van der Waals surface area contributed by atoms with Gasteiger partial charge in [-0.15, -0.1) is 0 Å². The number of carbonyl (C=O) groups excluding carboxylic acids is 3. The number of hydrogen-bond donors (Lipinski definition) is 4. The molecule has 3 fully saturated rings. The zero-order chi connectivity index (χ0) is 43.0. The summed E-state index contributed by atoms with van der Waals surface area (Å²) in [6, 6.07) is 0. The van der Waals surface area contributed by atoms with Crippen LogP contribution in [0.3, 0.4) is 0 Å². The van der Waals surface area contributed by atoms with Crippen LogP contribution in [0.1, 0.15) is 67.2 Å². The number of ether oxygens (including phenoxy) is 7. The number of rotatable bonds is 17. The van der Waals surface area contributed by atoms with Gasteiger partial charge in [0.25, 0.3) is 0 Å². The minimum absolute atomic E-state index is 0.00549. The number of nitrogens with zero attached hydrogens (tertiary/aromatic N) is 2. The molecule has 0 aromatic heterocycles. The summed E-state index contributed by atoms with van der Waals surface area (Å²) < 4.78 is 40.4. The van der Waals surface area contributed by atoms with Crippen molar-refractivity contribution in [2.24, 2.45) is 17.8 Å². The third-order valence-electron chi connectivity index (χ3n) is 11.8. The summed E-state index contributed by atoms with van der Waals surface area (Å²) in [4.78, 5) is 43.5. The molecule has 16 nitrogen and oxygen atoms in total. The van der Waals surface area contributed by atoms with E-state index in [1.165, 1.54) is 0 Å². The predicted molar refractivity (Wildman–Crippen MR) is 221 cm³/mol. The fourth-order valence-electron chi connectivity index (χ4n) is 7.90. The maximum Gasteiger partial charge on any atom is 0.407 e. The Morgan fingerprint density at radius 1 is 1.00 bits per heavy atom. The molecule has 3 saturated heterocycles. The molecule has 4 rings (SSSR count). The number of allylic oxidation sites excluding steroid dienone is 2. The van der Waals surface area contributed by atoms with Gasteiger partial charge in [-0.1, -0.05) is 52.0 Å². The molecule has 2 amide bonds.